The lowest BCUT2D eigenvalue weighted by Crippen LogP contribution is -2.20. The molecule has 0 saturated carbocycles. The summed E-state index contributed by atoms with van der Waals surface area (Å²) in [5, 5.41) is 5.53. The van der Waals surface area contributed by atoms with Gasteiger partial charge in [-0.2, -0.15) is 0 Å². The maximum absolute atomic E-state index is 12.6. The van der Waals surface area contributed by atoms with Crippen molar-refractivity contribution in [3.05, 3.63) is 88.5 Å². The van der Waals surface area contributed by atoms with E-state index in [2.05, 4.69) is 15.6 Å². The van der Waals surface area contributed by atoms with Crippen LogP contribution in [0, 0.1) is 6.92 Å². The summed E-state index contributed by atoms with van der Waals surface area (Å²) >= 11 is 0. The van der Waals surface area contributed by atoms with Gasteiger partial charge in [0.15, 0.2) is 11.5 Å². The van der Waals surface area contributed by atoms with Gasteiger partial charge in [0.1, 0.15) is 18.0 Å². The van der Waals surface area contributed by atoms with Crippen LogP contribution in [0.1, 0.15) is 11.3 Å². The second-order valence-corrected chi connectivity index (χ2v) is 7.45. The highest BCUT2D eigenvalue weighted by molar-refractivity contribution is 6.00. The second kappa shape index (κ2) is 9.95. The minimum absolute atomic E-state index is 0.0651. The number of urea groups is 1. The van der Waals surface area contributed by atoms with E-state index in [4.69, 9.17) is 14.2 Å². The molecule has 2 N–H and O–H groups in total. The Kier molecular flexibility index (Phi) is 6.63. The number of hydrogen-bond acceptors (Lipinski definition) is 6. The SMILES string of the molecule is COc1ccc(NC(=O)Nc2ccccc2OCc2cc(=O)n3cc(C)ccc3n2)cc1OC. The molecule has 2 aromatic carbocycles. The number of aryl methyl sites for hydroxylation is 1. The quantitative estimate of drug-likeness (QED) is 0.428. The van der Waals surface area contributed by atoms with Gasteiger partial charge in [-0.15, -0.1) is 0 Å². The number of para-hydroxylation sites is 2. The zero-order valence-electron chi connectivity index (χ0n) is 19.0. The number of carbonyl (C=O) groups is 1. The molecule has 2 amide bonds. The van der Waals surface area contributed by atoms with E-state index in [1.165, 1.54) is 17.6 Å². The van der Waals surface area contributed by atoms with Crippen LogP contribution in [-0.2, 0) is 6.61 Å². The first-order valence-electron chi connectivity index (χ1n) is 10.5. The third-order valence-corrected chi connectivity index (χ3v) is 5.01. The summed E-state index contributed by atoms with van der Waals surface area (Å²) in [7, 11) is 3.06. The van der Waals surface area contributed by atoms with Crippen molar-refractivity contribution >= 4 is 23.1 Å². The summed E-state index contributed by atoms with van der Waals surface area (Å²) in [5.74, 6) is 1.50. The molecule has 0 aliphatic rings. The number of rotatable bonds is 7. The summed E-state index contributed by atoms with van der Waals surface area (Å²) < 4.78 is 17.8. The third-order valence-electron chi connectivity index (χ3n) is 5.01. The van der Waals surface area contributed by atoms with Crippen molar-refractivity contribution in [2.45, 2.75) is 13.5 Å². The number of nitrogens with zero attached hydrogens (tertiary/aromatic N) is 2. The number of amides is 2. The number of fused-ring (bicyclic) bond motifs is 1. The molecule has 34 heavy (non-hydrogen) atoms. The van der Waals surface area contributed by atoms with Crippen molar-refractivity contribution < 1.29 is 19.0 Å². The Bertz CT molecular complexity index is 1400. The van der Waals surface area contributed by atoms with E-state index >= 15 is 0 Å². The lowest BCUT2D eigenvalue weighted by molar-refractivity contribution is 0.261. The van der Waals surface area contributed by atoms with Gasteiger partial charge in [-0.1, -0.05) is 18.2 Å². The standard InChI is InChI=1S/C25H24N4O5/c1-16-8-11-23-26-18(13-24(30)29(23)14-16)15-34-20-7-5-4-6-19(20)28-25(31)27-17-9-10-21(32-2)22(12-17)33-3/h4-14H,15H2,1-3H3,(H2,27,28,31). The van der Waals surface area contributed by atoms with Gasteiger partial charge in [0.25, 0.3) is 5.56 Å². The molecule has 0 radical (unpaired) electrons. The van der Waals surface area contributed by atoms with Crippen LogP contribution >= 0.6 is 0 Å². The number of benzene rings is 2. The smallest absolute Gasteiger partial charge is 0.323 e. The monoisotopic (exact) mass is 460 g/mol. The maximum Gasteiger partial charge on any atom is 0.323 e. The molecule has 4 rings (SSSR count). The van der Waals surface area contributed by atoms with E-state index in [9.17, 15) is 9.59 Å². The van der Waals surface area contributed by atoms with Crippen LogP contribution in [0.5, 0.6) is 17.2 Å². The molecular formula is C25H24N4O5. The lowest BCUT2D eigenvalue weighted by atomic mass is 10.2. The molecule has 2 aromatic heterocycles. The Hall–Kier alpha value is -4.53. The first kappa shape index (κ1) is 22.7. The highest BCUT2D eigenvalue weighted by Crippen LogP contribution is 2.30. The van der Waals surface area contributed by atoms with Gasteiger partial charge in [-0.05, 0) is 42.8 Å². The summed E-state index contributed by atoms with van der Waals surface area (Å²) in [6.45, 7) is 1.98. The average Bonchev–Trinajstić information content (AvgIpc) is 2.84. The van der Waals surface area contributed by atoms with Gasteiger partial charge in [0.05, 0.1) is 25.6 Å². The summed E-state index contributed by atoms with van der Waals surface area (Å²) in [6, 6.07) is 16.7. The fraction of sp³-hybridized carbons (Fsp3) is 0.160. The minimum Gasteiger partial charge on any atom is -0.493 e. The van der Waals surface area contributed by atoms with Gasteiger partial charge in [0, 0.05) is 24.0 Å². The van der Waals surface area contributed by atoms with Crippen LogP contribution in [0.25, 0.3) is 5.65 Å². The van der Waals surface area contributed by atoms with E-state index in [1.807, 2.05) is 13.0 Å². The zero-order valence-corrected chi connectivity index (χ0v) is 19.0. The highest BCUT2D eigenvalue weighted by atomic mass is 16.5. The van der Waals surface area contributed by atoms with E-state index in [0.29, 0.717) is 40.0 Å². The summed E-state index contributed by atoms with van der Waals surface area (Å²) in [4.78, 5) is 29.5. The number of ether oxygens (including phenoxy) is 3. The van der Waals surface area contributed by atoms with Crippen molar-refractivity contribution in [1.29, 1.82) is 0 Å². The number of pyridine rings is 1. The third kappa shape index (κ3) is 5.09. The number of nitrogens with one attached hydrogen (secondary N) is 2. The molecule has 0 saturated heterocycles. The number of carbonyl (C=O) groups excluding carboxylic acids is 1. The van der Waals surface area contributed by atoms with Crippen molar-refractivity contribution in [1.82, 2.24) is 9.38 Å². The molecule has 0 fully saturated rings. The van der Waals surface area contributed by atoms with Crippen molar-refractivity contribution in [3.8, 4) is 17.2 Å². The van der Waals surface area contributed by atoms with Crippen LogP contribution in [0.3, 0.4) is 0 Å². The van der Waals surface area contributed by atoms with Gasteiger partial charge in [-0.25, -0.2) is 9.78 Å². The topological polar surface area (TPSA) is 103 Å². The molecule has 0 aliphatic heterocycles. The largest absolute Gasteiger partial charge is 0.493 e. The molecule has 0 atom stereocenters. The normalized spacial score (nSPS) is 10.6. The Labute approximate surface area is 195 Å². The van der Waals surface area contributed by atoms with Crippen LogP contribution in [0.4, 0.5) is 16.2 Å². The fourth-order valence-electron chi connectivity index (χ4n) is 3.38. The number of methoxy groups -OCH3 is 2. The van der Waals surface area contributed by atoms with Gasteiger partial charge >= 0.3 is 6.03 Å². The Morgan fingerprint density at radius 3 is 2.53 bits per heavy atom. The Balaban J connectivity index is 1.46. The molecule has 0 unspecified atom stereocenters. The highest BCUT2D eigenvalue weighted by Gasteiger charge is 2.11. The molecule has 0 bridgehead atoms. The molecule has 9 nitrogen and oxygen atoms in total. The van der Waals surface area contributed by atoms with Crippen LogP contribution in [0.15, 0.2) is 71.7 Å². The average molecular weight is 460 g/mol. The first-order chi connectivity index (χ1) is 16.5. The fourth-order valence-corrected chi connectivity index (χ4v) is 3.38. The molecule has 2 heterocycles. The van der Waals surface area contributed by atoms with Gasteiger partial charge in [-0.3, -0.25) is 9.20 Å². The predicted molar refractivity (Wildman–Crippen MR) is 129 cm³/mol. The molecular weight excluding hydrogens is 436 g/mol. The molecule has 4 aromatic rings. The maximum atomic E-state index is 12.6. The van der Waals surface area contributed by atoms with Crippen LogP contribution in [-0.4, -0.2) is 29.6 Å². The van der Waals surface area contributed by atoms with Crippen LogP contribution < -0.4 is 30.4 Å². The van der Waals surface area contributed by atoms with Crippen molar-refractivity contribution in [2.75, 3.05) is 24.9 Å². The van der Waals surface area contributed by atoms with E-state index in [1.54, 1.807) is 61.8 Å². The molecule has 0 aliphatic carbocycles. The Morgan fingerprint density at radius 1 is 0.941 bits per heavy atom. The number of anilines is 2. The lowest BCUT2D eigenvalue weighted by Gasteiger charge is -2.14. The predicted octanol–water partition coefficient (Wildman–Crippen LogP) is 4.24. The molecule has 9 heteroatoms. The van der Waals surface area contributed by atoms with Gasteiger partial charge in [0.2, 0.25) is 0 Å². The van der Waals surface area contributed by atoms with Crippen LogP contribution in [0.2, 0.25) is 0 Å². The number of hydrogen-bond donors (Lipinski definition) is 2. The van der Waals surface area contributed by atoms with Crippen molar-refractivity contribution in [3.63, 3.8) is 0 Å². The van der Waals surface area contributed by atoms with E-state index < -0.39 is 6.03 Å². The van der Waals surface area contributed by atoms with E-state index in [0.717, 1.165) is 5.56 Å². The Morgan fingerprint density at radius 2 is 1.74 bits per heavy atom. The van der Waals surface area contributed by atoms with Crippen molar-refractivity contribution in [2.24, 2.45) is 0 Å². The first-order valence-corrected chi connectivity index (χ1v) is 10.5. The zero-order chi connectivity index (χ0) is 24.1. The minimum atomic E-state index is -0.458. The number of aromatic nitrogens is 2. The van der Waals surface area contributed by atoms with Gasteiger partial charge < -0.3 is 24.8 Å². The summed E-state index contributed by atoms with van der Waals surface area (Å²) in [6.07, 6.45) is 1.74. The van der Waals surface area contributed by atoms with E-state index in [-0.39, 0.29) is 12.2 Å². The molecule has 0 spiro atoms. The molecule has 174 valence electrons. The second-order valence-electron chi connectivity index (χ2n) is 7.45. The summed E-state index contributed by atoms with van der Waals surface area (Å²) in [5.41, 5.74) is 2.80.